The van der Waals surface area contributed by atoms with Gasteiger partial charge in [0.15, 0.2) is 11.8 Å². The Hall–Kier alpha value is -2.47. The van der Waals surface area contributed by atoms with Crippen molar-refractivity contribution in [3.05, 3.63) is 52.5 Å². The Kier molecular flexibility index (Phi) is 3.77. The predicted molar refractivity (Wildman–Crippen MR) is 92.9 cm³/mol. The first-order valence-corrected chi connectivity index (χ1v) is 7.48. The molecule has 5 nitrogen and oxygen atoms in total. The van der Waals surface area contributed by atoms with Crippen molar-refractivity contribution >= 4 is 38.5 Å². The van der Waals surface area contributed by atoms with E-state index in [1.165, 1.54) is 0 Å². The minimum atomic E-state index is -0.0463. The van der Waals surface area contributed by atoms with E-state index >= 15 is 0 Å². The van der Waals surface area contributed by atoms with Crippen LogP contribution in [0.2, 0.25) is 0 Å². The van der Waals surface area contributed by atoms with Crippen LogP contribution in [0.4, 0.5) is 5.82 Å². The summed E-state index contributed by atoms with van der Waals surface area (Å²) in [5.74, 6) is 0.356. The molecule has 3 rings (SSSR count). The minimum Gasteiger partial charge on any atom is -0.370 e. The second-order valence-electron chi connectivity index (χ2n) is 4.89. The van der Waals surface area contributed by atoms with Crippen molar-refractivity contribution in [2.45, 2.75) is 6.92 Å². The number of benzene rings is 2. The highest BCUT2D eigenvalue weighted by molar-refractivity contribution is 9.10. The maximum atomic E-state index is 5.48. The van der Waals surface area contributed by atoms with Crippen LogP contribution in [0.15, 0.2) is 51.9 Å². The standard InChI is InChI=1S/C16H14BrN5/c1-9-5-2-3-6-10(9)14-11-7-4-8-12(17)13(11)15(22-21-14)20-16(18)19/h2-8H,1H3,(H4,18,19,20,22). The molecule has 22 heavy (non-hydrogen) atoms. The first kappa shape index (κ1) is 14.5. The lowest BCUT2D eigenvalue weighted by Gasteiger charge is -2.10. The zero-order chi connectivity index (χ0) is 15.7. The van der Waals surface area contributed by atoms with Gasteiger partial charge in [-0.1, -0.05) is 52.3 Å². The number of halogens is 1. The number of guanidine groups is 1. The highest BCUT2D eigenvalue weighted by Gasteiger charge is 2.14. The van der Waals surface area contributed by atoms with Crippen molar-refractivity contribution in [1.82, 2.24) is 10.2 Å². The summed E-state index contributed by atoms with van der Waals surface area (Å²) in [6, 6.07) is 13.9. The van der Waals surface area contributed by atoms with Crippen molar-refractivity contribution in [3.63, 3.8) is 0 Å². The van der Waals surface area contributed by atoms with Crippen LogP contribution < -0.4 is 11.5 Å². The molecule has 0 radical (unpaired) electrons. The number of aryl methyl sites for hydroxylation is 1. The monoisotopic (exact) mass is 355 g/mol. The molecule has 0 bridgehead atoms. The molecule has 0 fully saturated rings. The quantitative estimate of drug-likeness (QED) is 0.545. The van der Waals surface area contributed by atoms with E-state index in [0.717, 1.165) is 32.1 Å². The van der Waals surface area contributed by atoms with Gasteiger partial charge in [0, 0.05) is 20.8 Å². The molecular weight excluding hydrogens is 342 g/mol. The average Bonchev–Trinajstić information content (AvgIpc) is 2.48. The Bertz CT molecular complexity index is 885. The van der Waals surface area contributed by atoms with Gasteiger partial charge in [-0.15, -0.1) is 10.2 Å². The van der Waals surface area contributed by atoms with E-state index in [-0.39, 0.29) is 5.96 Å². The number of hydrogen-bond donors (Lipinski definition) is 2. The van der Waals surface area contributed by atoms with Crippen molar-refractivity contribution in [2.75, 3.05) is 0 Å². The molecule has 1 heterocycles. The number of hydrogen-bond acceptors (Lipinski definition) is 3. The lowest BCUT2D eigenvalue weighted by molar-refractivity contribution is 1.04. The van der Waals surface area contributed by atoms with E-state index < -0.39 is 0 Å². The van der Waals surface area contributed by atoms with Gasteiger partial charge in [-0.2, -0.15) is 4.99 Å². The van der Waals surface area contributed by atoms with Crippen LogP contribution in [-0.4, -0.2) is 16.2 Å². The van der Waals surface area contributed by atoms with Crippen molar-refractivity contribution in [3.8, 4) is 11.3 Å². The fourth-order valence-corrected chi connectivity index (χ4v) is 2.93. The average molecular weight is 356 g/mol. The molecule has 0 spiro atoms. The van der Waals surface area contributed by atoms with Crippen LogP contribution >= 0.6 is 15.9 Å². The molecule has 0 aliphatic heterocycles. The second kappa shape index (κ2) is 5.73. The maximum absolute atomic E-state index is 5.48. The lowest BCUT2D eigenvalue weighted by atomic mass is 10.0. The van der Waals surface area contributed by atoms with Gasteiger partial charge >= 0.3 is 0 Å². The Morgan fingerprint density at radius 3 is 2.55 bits per heavy atom. The third-order valence-corrected chi connectivity index (χ3v) is 4.03. The molecule has 0 saturated carbocycles. The topological polar surface area (TPSA) is 90.2 Å². The molecule has 0 aliphatic carbocycles. The Morgan fingerprint density at radius 2 is 1.82 bits per heavy atom. The fourth-order valence-electron chi connectivity index (χ4n) is 2.39. The van der Waals surface area contributed by atoms with Gasteiger partial charge in [-0.05, 0) is 18.6 Å². The summed E-state index contributed by atoms with van der Waals surface area (Å²) >= 11 is 3.54. The Balaban J connectivity index is 2.38. The molecule has 0 atom stereocenters. The largest absolute Gasteiger partial charge is 0.370 e. The molecule has 2 aromatic carbocycles. The van der Waals surface area contributed by atoms with E-state index in [1.807, 2.05) is 49.4 Å². The summed E-state index contributed by atoms with van der Waals surface area (Å²) in [4.78, 5) is 4.07. The van der Waals surface area contributed by atoms with E-state index in [1.54, 1.807) is 0 Å². The molecule has 3 aromatic rings. The van der Waals surface area contributed by atoms with E-state index in [0.29, 0.717) is 5.82 Å². The number of nitrogens with two attached hydrogens (primary N) is 2. The second-order valence-corrected chi connectivity index (χ2v) is 5.74. The number of rotatable bonds is 2. The highest BCUT2D eigenvalue weighted by Crippen LogP contribution is 2.36. The normalized spacial score (nSPS) is 10.6. The summed E-state index contributed by atoms with van der Waals surface area (Å²) in [6.45, 7) is 2.05. The van der Waals surface area contributed by atoms with Gasteiger partial charge in [0.1, 0.15) is 5.69 Å². The van der Waals surface area contributed by atoms with Gasteiger partial charge in [-0.25, -0.2) is 0 Å². The molecule has 4 N–H and O–H groups in total. The Labute approximate surface area is 136 Å². The molecule has 1 aromatic heterocycles. The summed E-state index contributed by atoms with van der Waals surface area (Å²) in [6.07, 6.45) is 0. The van der Waals surface area contributed by atoms with E-state index in [4.69, 9.17) is 11.5 Å². The first-order chi connectivity index (χ1) is 10.6. The van der Waals surface area contributed by atoms with Crippen LogP contribution in [0, 0.1) is 6.92 Å². The molecular formula is C16H14BrN5. The SMILES string of the molecule is Cc1ccccc1-c1nnc(N=C(N)N)c2c(Br)cccc12. The summed E-state index contributed by atoms with van der Waals surface area (Å²) in [7, 11) is 0. The van der Waals surface area contributed by atoms with Crippen molar-refractivity contribution < 1.29 is 0 Å². The molecule has 0 unspecified atom stereocenters. The van der Waals surface area contributed by atoms with E-state index in [2.05, 4.69) is 31.1 Å². The number of fused-ring (bicyclic) bond motifs is 1. The minimum absolute atomic E-state index is 0.0463. The van der Waals surface area contributed by atoms with Gasteiger partial charge in [0.05, 0.1) is 0 Å². The molecule has 110 valence electrons. The van der Waals surface area contributed by atoms with Crippen molar-refractivity contribution in [2.24, 2.45) is 16.5 Å². The lowest BCUT2D eigenvalue weighted by Crippen LogP contribution is -2.22. The van der Waals surface area contributed by atoms with Gasteiger partial charge in [0.2, 0.25) is 0 Å². The van der Waals surface area contributed by atoms with Crippen LogP contribution in [-0.2, 0) is 0 Å². The van der Waals surface area contributed by atoms with Gasteiger partial charge in [-0.3, -0.25) is 0 Å². The fraction of sp³-hybridized carbons (Fsp3) is 0.0625. The summed E-state index contributed by atoms with van der Waals surface area (Å²) in [5.41, 5.74) is 13.9. The molecule has 6 heteroatoms. The smallest absolute Gasteiger partial charge is 0.192 e. The molecule has 0 saturated heterocycles. The number of aromatic nitrogens is 2. The zero-order valence-corrected chi connectivity index (χ0v) is 13.5. The molecule has 0 aliphatic rings. The van der Waals surface area contributed by atoms with Gasteiger partial charge in [0.25, 0.3) is 0 Å². The van der Waals surface area contributed by atoms with E-state index in [9.17, 15) is 0 Å². The first-order valence-electron chi connectivity index (χ1n) is 6.68. The van der Waals surface area contributed by atoms with Crippen LogP contribution in [0.5, 0.6) is 0 Å². The van der Waals surface area contributed by atoms with Gasteiger partial charge < -0.3 is 11.5 Å². The highest BCUT2D eigenvalue weighted by atomic mass is 79.9. The zero-order valence-electron chi connectivity index (χ0n) is 11.9. The van der Waals surface area contributed by atoms with Crippen LogP contribution in [0.3, 0.4) is 0 Å². The van der Waals surface area contributed by atoms with Crippen LogP contribution in [0.1, 0.15) is 5.56 Å². The predicted octanol–water partition coefficient (Wildman–Crippen LogP) is 3.27. The number of nitrogens with zero attached hydrogens (tertiary/aromatic N) is 3. The molecule has 0 amide bonds. The summed E-state index contributed by atoms with van der Waals surface area (Å²) in [5, 5.41) is 10.3. The third kappa shape index (κ3) is 2.53. The third-order valence-electron chi connectivity index (χ3n) is 3.37. The van der Waals surface area contributed by atoms with Crippen molar-refractivity contribution in [1.29, 1.82) is 0 Å². The number of aliphatic imine (C=N–C) groups is 1. The Morgan fingerprint density at radius 1 is 1.05 bits per heavy atom. The maximum Gasteiger partial charge on any atom is 0.192 e. The summed E-state index contributed by atoms with van der Waals surface area (Å²) < 4.78 is 0.870. The van der Waals surface area contributed by atoms with Crippen LogP contribution in [0.25, 0.3) is 22.0 Å².